The number of hydrogen-bond acceptors (Lipinski definition) is 4. The van der Waals surface area contributed by atoms with Crippen LogP contribution < -0.4 is 0 Å². The van der Waals surface area contributed by atoms with Gasteiger partial charge in [-0.25, -0.2) is 15.0 Å². The van der Waals surface area contributed by atoms with Gasteiger partial charge in [-0.2, -0.15) is 0 Å². The smallest absolute Gasteiger partial charge is 0.164 e. The number of furan rings is 1. The quantitative estimate of drug-likeness (QED) is 0.169. The van der Waals surface area contributed by atoms with Crippen molar-refractivity contribution in [3.05, 3.63) is 206 Å². The van der Waals surface area contributed by atoms with Gasteiger partial charge in [0.25, 0.3) is 0 Å². The Morgan fingerprint density at radius 3 is 1.58 bits per heavy atom. The normalized spacial score (nSPS) is 11.7. The Bertz CT molecular complexity index is 3530. The summed E-state index contributed by atoms with van der Waals surface area (Å²) in [7, 11) is 0. The van der Waals surface area contributed by atoms with Crippen LogP contribution in [0.2, 0.25) is 0 Å². The first kappa shape index (κ1) is 33.9. The SMILES string of the molecule is c1ccc(-c2nc(-c3ccccc3)nc(-c3ccc(-c4cc(-c5ccc6c(c5)c5ccccc5n6-c5ccccc5)c5c(c4)oc4ccccc45)c4ccccc34)n2)cc1. The molecule has 3 heterocycles. The van der Waals surface area contributed by atoms with Crippen molar-refractivity contribution in [1.82, 2.24) is 19.5 Å². The Hall–Kier alpha value is -8.15. The maximum atomic E-state index is 6.68. The van der Waals surface area contributed by atoms with Crippen molar-refractivity contribution >= 4 is 54.5 Å². The van der Waals surface area contributed by atoms with Crippen molar-refractivity contribution in [1.29, 1.82) is 0 Å². The fraction of sp³-hybridized carbons (Fsp3) is 0. The highest BCUT2D eigenvalue weighted by atomic mass is 16.3. The molecule has 0 amide bonds. The zero-order chi connectivity index (χ0) is 39.6. The second kappa shape index (κ2) is 13.8. The van der Waals surface area contributed by atoms with E-state index >= 15 is 0 Å². The highest BCUT2D eigenvalue weighted by Gasteiger charge is 2.20. The summed E-state index contributed by atoms with van der Waals surface area (Å²) in [4.78, 5) is 15.1. The van der Waals surface area contributed by atoms with Crippen LogP contribution in [0.5, 0.6) is 0 Å². The van der Waals surface area contributed by atoms with Gasteiger partial charge in [-0.15, -0.1) is 0 Å². The zero-order valence-electron chi connectivity index (χ0n) is 32.3. The summed E-state index contributed by atoms with van der Waals surface area (Å²) in [5.74, 6) is 1.90. The Morgan fingerprint density at radius 2 is 0.867 bits per heavy atom. The molecule has 0 saturated carbocycles. The van der Waals surface area contributed by atoms with Crippen LogP contribution in [0, 0.1) is 0 Å². The minimum atomic E-state index is 0.627. The largest absolute Gasteiger partial charge is 0.456 e. The van der Waals surface area contributed by atoms with E-state index in [-0.39, 0.29) is 0 Å². The lowest BCUT2D eigenvalue weighted by atomic mass is 9.90. The van der Waals surface area contributed by atoms with Gasteiger partial charge in [0.15, 0.2) is 17.5 Å². The molecule has 5 heteroatoms. The molecule has 0 N–H and O–H groups in total. The molecule has 0 aliphatic carbocycles. The third-order valence-electron chi connectivity index (χ3n) is 11.7. The molecule has 0 aliphatic rings. The monoisotopic (exact) mass is 766 g/mol. The van der Waals surface area contributed by atoms with Gasteiger partial charge in [-0.3, -0.25) is 0 Å². The zero-order valence-corrected chi connectivity index (χ0v) is 32.3. The summed E-state index contributed by atoms with van der Waals surface area (Å²) in [6.07, 6.45) is 0. The lowest BCUT2D eigenvalue weighted by Gasteiger charge is -2.14. The van der Waals surface area contributed by atoms with Gasteiger partial charge in [-0.05, 0) is 87.6 Å². The minimum Gasteiger partial charge on any atom is -0.456 e. The maximum absolute atomic E-state index is 6.68. The molecule has 3 aromatic heterocycles. The summed E-state index contributed by atoms with van der Waals surface area (Å²) in [5, 5.41) is 6.78. The molecule has 0 saturated heterocycles. The van der Waals surface area contributed by atoms with Crippen LogP contribution in [0.4, 0.5) is 0 Å². The minimum absolute atomic E-state index is 0.627. The van der Waals surface area contributed by atoms with E-state index < -0.39 is 0 Å². The molecule has 0 radical (unpaired) electrons. The Balaban J connectivity index is 1.07. The van der Waals surface area contributed by atoms with Crippen molar-refractivity contribution in [2.24, 2.45) is 0 Å². The van der Waals surface area contributed by atoms with Crippen molar-refractivity contribution in [3.8, 4) is 62.1 Å². The molecule has 0 fully saturated rings. The molecule has 0 unspecified atom stereocenters. The van der Waals surface area contributed by atoms with Crippen LogP contribution in [-0.4, -0.2) is 19.5 Å². The number of rotatable bonds is 6. The lowest BCUT2D eigenvalue weighted by molar-refractivity contribution is 0.669. The third kappa shape index (κ3) is 5.52. The highest BCUT2D eigenvalue weighted by molar-refractivity contribution is 6.17. The summed E-state index contributed by atoms with van der Waals surface area (Å²) in [5.41, 5.74) is 12.4. The average Bonchev–Trinajstić information content (AvgIpc) is 3.87. The fourth-order valence-electron chi connectivity index (χ4n) is 8.91. The Kier molecular flexibility index (Phi) is 7.78. The molecule has 60 heavy (non-hydrogen) atoms. The summed E-state index contributed by atoms with van der Waals surface area (Å²) < 4.78 is 9.04. The molecule has 12 rings (SSSR count). The molecular formula is C55H34N4O. The number of fused-ring (bicyclic) bond motifs is 7. The lowest BCUT2D eigenvalue weighted by Crippen LogP contribution is -2.00. The standard InChI is InChI=1S/C55H34N4O/c1-4-16-35(17-5-1)53-56-54(36-18-6-2-7-19-36)58-55(57-53)44-30-29-40(41-22-10-11-23-42(41)44)38-33-46(52-45-25-13-15-27-50(45)60-51(52)34-38)37-28-31-49-47(32-37)43-24-12-14-26-48(43)59(49)39-20-8-3-9-21-39/h1-34H. The van der Waals surface area contributed by atoms with E-state index in [4.69, 9.17) is 19.4 Å². The van der Waals surface area contributed by atoms with E-state index in [0.717, 1.165) is 77.3 Å². The van der Waals surface area contributed by atoms with E-state index in [1.807, 2.05) is 66.7 Å². The maximum Gasteiger partial charge on any atom is 0.164 e. The van der Waals surface area contributed by atoms with Gasteiger partial charge in [0, 0.05) is 43.9 Å². The first-order valence-corrected chi connectivity index (χ1v) is 20.2. The molecular weight excluding hydrogens is 733 g/mol. The highest BCUT2D eigenvalue weighted by Crippen LogP contribution is 2.44. The topological polar surface area (TPSA) is 56.7 Å². The van der Waals surface area contributed by atoms with Crippen molar-refractivity contribution in [2.75, 3.05) is 0 Å². The van der Waals surface area contributed by atoms with Gasteiger partial charge in [0.2, 0.25) is 0 Å². The van der Waals surface area contributed by atoms with E-state index in [9.17, 15) is 0 Å². The summed E-state index contributed by atoms with van der Waals surface area (Å²) >= 11 is 0. The van der Waals surface area contributed by atoms with Gasteiger partial charge in [0.1, 0.15) is 11.2 Å². The van der Waals surface area contributed by atoms with Gasteiger partial charge < -0.3 is 8.98 Å². The van der Waals surface area contributed by atoms with Crippen LogP contribution in [0.25, 0.3) is 117 Å². The second-order valence-corrected chi connectivity index (χ2v) is 15.2. The molecule has 9 aromatic carbocycles. The van der Waals surface area contributed by atoms with E-state index in [1.54, 1.807) is 0 Å². The summed E-state index contributed by atoms with van der Waals surface area (Å²) in [6.45, 7) is 0. The van der Waals surface area contributed by atoms with Crippen LogP contribution in [0.15, 0.2) is 211 Å². The van der Waals surface area contributed by atoms with Crippen molar-refractivity contribution in [3.63, 3.8) is 0 Å². The Morgan fingerprint density at radius 1 is 0.317 bits per heavy atom. The first-order valence-electron chi connectivity index (χ1n) is 20.2. The predicted octanol–water partition coefficient (Wildman–Crippen LogP) is 14.4. The molecule has 5 nitrogen and oxygen atoms in total. The van der Waals surface area contributed by atoms with Crippen LogP contribution >= 0.6 is 0 Å². The first-order chi connectivity index (χ1) is 29.7. The van der Waals surface area contributed by atoms with Gasteiger partial charge >= 0.3 is 0 Å². The second-order valence-electron chi connectivity index (χ2n) is 15.2. The van der Waals surface area contributed by atoms with Crippen LogP contribution in [0.1, 0.15) is 0 Å². The number of nitrogens with zero attached hydrogens (tertiary/aromatic N) is 4. The molecule has 0 aliphatic heterocycles. The van der Waals surface area contributed by atoms with E-state index in [0.29, 0.717) is 17.5 Å². The van der Waals surface area contributed by atoms with Crippen LogP contribution in [-0.2, 0) is 0 Å². The number of aromatic nitrogens is 4. The van der Waals surface area contributed by atoms with E-state index in [1.165, 1.54) is 21.8 Å². The molecule has 0 atom stereocenters. The molecule has 280 valence electrons. The summed E-state index contributed by atoms with van der Waals surface area (Å²) in [6, 6.07) is 72.2. The van der Waals surface area contributed by atoms with Gasteiger partial charge in [0.05, 0.1) is 11.0 Å². The van der Waals surface area contributed by atoms with E-state index in [2.05, 4.69) is 144 Å². The number of benzene rings is 9. The molecule has 0 spiro atoms. The van der Waals surface area contributed by atoms with Crippen molar-refractivity contribution in [2.45, 2.75) is 0 Å². The van der Waals surface area contributed by atoms with Crippen LogP contribution in [0.3, 0.4) is 0 Å². The number of hydrogen-bond donors (Lipinski definition) is 0. The van der Waals surface area contributed by atoms with Gasteiger partial charge in [-0.1, -0.05) is 152 Å². The third-order valence-corrected chi connectivity index (χ3v) is 11.7. The average molecular weight is 767 g/mol. The predicted molar refractivity (Wildman–Crippen MR) is 246 cm³/mol. The number of para-hydroxylation sites is 3. The molecule has 12 aromatic rings. The molecule has 0 bridgehead atoms. The Labute approximate surface area is 345 Å². The fourth-order valence-corrected chi connectivity index (χ4v) is 8.91. The van der Waals surface area contributed by atoms with Crippen molar-refractivity contribution < 1.29 is 4.42 Å².